The Kier molecular flexibility index (Phi) is 6.27. The van der Waals surface area contributed by atoms with Gasteiger partial charge in [-0.1, -0.05) is 13.3 Å². The van der Waals surface area contributed by atoms with Crippen molar-refractivity contribution in [3.05, 3.63) is 0 Å². The predicted octanol–water partition coefficient (Wildman–Crippen LogP) is 2.18. The Balaban J connectivity index is 2.66. The minimum Gasteiger partial charge on any atom is -0.465 e. The summed E-state index contributed by atoms with van der Waals surface area (Å²) < 4.78 is 5.24. The Bertz CT molecular complexity index is 296. The SMILES string of the molecule is CCCC(C)N(C)C1CCC(NC)(C(=O)OCC)C1. The number of hydrogen-bond donors (Lipinski definition) is 1. The summed E-state index contributed by atoms with van der Waals surface area (Å²) in [5.74, 6) is -0.0865. The molecule has 0 heterocycles. The van der Waals surface area contributed by atoms with Gasteiger partial charge in [0.25, 0.3) is 0 Å². The largest absolute Gasteiger partial charge is 0.465 e. The van der Waals surface area contributed by atoms with E-state index in [1.807, 2.05) is 14.0 Å². The highest BCUT2D eigenvalue weighted by Crippen LogP contribution is 2.34. The van der Waals surface area contributed by atoms with Crippen LogP contribution in [0.25, 0.3) is 0 Å². The van der Waals surface area contributed by atoms with Crippen LogP contribution in [0.1, 0.15) is 52.9 Å². The molecular formula is C15H30N2O2. The van der Waals surface area contributed by atoms with Crippen LogP contribution in [-0.2, 0) is 9.53 Å². The summed E-state index contributed by atoms with van der Waals surface area (Å²) in [4.78, 5) is 14.6. The van der Waals surface area contributed by atoms with Crippen LogP contribution in [0.4, 0.5) is 0 Å². The zero-order valence-electron chi connectivity index (χ0n) is 13.2. The number of nitrogens with zero attached hydrogens (tertiary/aromatic N) is 1. The van der Waals surface area contributed by atoms with Gasteiger partial charge >= 0.3 is 5.97 Å². The molecule has 4 heteroatoms. The average molecular weight is 270 g/mol. The van der Waals surface area contributed by atoms with E-state index in [0.717, 1.165) is 19.3 Å². The van der Waals surface area contributed by atoms with Crippen LogP contribution in [0, 0.1) is 0 Å². The van der Waals surface area contributed by atoms with Crippen LogP contribution in [0.3, 0.4) is 0 Å². The Hall–Kier alpha value is -0.610. The predicted molar refractivity (Wildman–Crippen MR) is 78.2 cm³/mol. The molecule has 1 N–H and O–H groups in total. The van der Waals surface area contributed by atoms with Crippen molar-refractivity contribution >= 4 is 5.97 Å². The lowest BCUT2D eigenvalue weighted by Crippen LogP contribution is -2.50. The van der Waals surface area contributed by atoms with Gasteiger partial charge in [0.05, 0.1) is 6.61 Å². The minimum atomic E-state index is -0.471. The Morgan fingerprint density at radius 2 is 2.21 bits per heavy atom. The number of likely N-dealkylation sites (N-methyl/N-ethyl adjacent to an activating group) is 1. The molecule has 0 bridgehead atoms. The van der Waals surface area contributed by atoms with Gasteiger partial charge in [0, 0.05) is 12.1 Å². The molecule has 1 fully saturated rings. The fourth-order valence-corrected chi connectivity index (χ4v) is 3.13. The van der Waals surface area contributed by atoms with Gasteiger partial charge in [-0.3, -0.25) is 4.79 Å². The van der Waals surface area contributed by atoms with Gasteiger partial charge < -0.3 is 15.0 Å². The second-order valence-electron chi connectivity index (χ2n) is 5.75. The summed E-state index contributed by atoms with van der Waals surface area (Å²) in [6, 6.07) is 1.04. The van der Waals surface area contributed by atoms with E-state index in [-0.39, 0.29) is 5.97 Å². The first-order valence-electron chi connectivity index (χ1n) is 7.58. The minimum absolute atomic E-state index is 0.0865. The summed E-state index contributed by atoms with van der Waals surface area (Å²) in [5, 5.41) is 3.22. The van der Waals surface area contributed by atoms with Crippen LogP contribution >= 0.6 is 0 Å². The molecule has 0 aromatic heterocycles. The van der Waals surface area contributed by atoms with E-state index >= 15 is 0 Å². The maximum atomic E-state index is 12.2. The summed E-state index contributed by atoms with van der Waals surface area (Å²) >= 11 is 0. The molecule has 1 saturated carbocycles. The highest BCUT2D eigenvalue weighted by molar-refractivity contribution is 5.81. The van der Waals surface area contributed by atoms with Crippen molar-refractivity contribution in [2.24, 2.45) is 0 Å². The fourth-order valence-electron chi connectivity index (χ4n) is 3.13. The lowest BCUT2D eigenvalue weighted by Gasteiger charge is -2.32. The van der Waals surface area contributed by atoms with Gasteiger partial charge in [0.1, 0.15) is 5.54 Å². The average Bonchev–Trinajstić information content (AvgIpc) is 2.84. The second kappa shape index (κ2) is 7.25. The maximum absolute atomic E-state index is 12.2. The number of carbonyl (C=O) groups is 1. The van der Waals surface area contributed by atoms with Crippen molar-refractivity contribution in [3.63, 3.8) is 0 Å². The van der Waals surface area contributed by atoms with Gasteiger partial charge in [-0.15, -0.1) is 0 Å². The fraction of sp³-hybridized carbons (Fsp3) is 0.933. The van der Waals surface area contributed by atoms with Crippen molar-refractivity contribution in [1.29, 1.82) is 0 Å². The molecule has 0 spiro atoms. The smallest absolute Gasteiger partial charge is 0.326 e. The topological polar surface area (TPSA) is 41.6 Å². The van der Waals surface area contributed by atoms with Gasteiger partial charge in [-0.25, -0.2) is 0 Å². The van der Waals surface area contributed by atoms with Crippen LogP contribution in [-0.4, -0.2) is 49.2 Å². The summed E-state index contributed by atoms with van der Waals surface area (Å²) in [6.07, 6.45) is 5.19. The molecule has 1 aliphatic rings. The number of nitrogens with one attached hydrogen (secondary N) is 1. The molecule has 112 valence electrons. The summed E-state index contributed by atoms with van der Waals surface area (Å²) in [7, 11) is 4.05. The zero-order valence-corrected chi connectivity index (χ0v) is 13.2. The van der Waals surface area contributed by atoms with E-state index in [1.165, 1.54) is 12.8 Å². The molecule has 19 heavy (non-hydrogen) atoms. The first-order chi connectivity index (χ1) is 9.00. The lowest BCUT2D eigenvalue weighted by atomic mass is 9.97. The Morgan fingerprint density at radius 1 is 1.53 bits per heavy atom. The molecule has 0 aromatic carbocycles. The maximum Gasteiger partial charge on any atom is 0.326 e. The highest BCUT2D eigenvalue weighted by Gasteiger charge is 2.46. The van der Waals surface area contributed by atoms with E-state index in [1.54, 1.807) is 0 Å². The molecule has 0 aromatic rings. The van der Waals surface area contributed by atoms with Gasteiger partial charge in [0.2, 0.25) is 0 Å². The van der Waals surface area contributed by atoms with E-state index in [4.69, 9.17) is 4.74 Å². The zero-order chi connectivity index (χ0) is 14.5. The Morgan fingerprint density at radius 3 is 2.74 bits per heavy atom. The molecular weight excluding hydrogens is 240 g/mol. The standard InChI is InChI=1S/C15H30N2O2/c1-6-8-12(3)17(5)13-9-10-15(11-13,16-4)14(18)19-7-2/h12-13,16H,6-11H2,1-5H3. The number of carbonyl (C=O) groups excluding carboxylic acids is 1. The molecule has 0 radical (unpaired) electrons. The Labute approximate surface area is 117 Å². The number of hydrogen-bond acceptors (Lipinski definition) is 4. The molecule has 0 aliphatic heterocycles. The van der Waals surface area contributed by atoms with Crippen LogP contribution < -0.4 is 5.32 Å². The third-order valence-electron chi connectivity index (χ3n) is 4.61. The van der Waals surface area contributed by atoms with E-state index in [2.05, 4.69) is 31.1 Å². The monoisotopic (exact) mass is 270 g/mol. The van der Waals surface area contributed by atoms with Gasteiger partial charge in [-0.2, -0.15) is 0 Å². The third-order valence-corrected chi connectivity index (χ3v) is 4.61. The summed E-state index contributed by atoms with van der Waals surface area (Å²) in [5.41, 5.74) is -0.471. The van der Waals surface area contributed by atoms with Crippen LogP contribution in [0.2, 0.25) is 0 Å². The number of rotatable bonds is 7. The van der Waals surface area contributed by atoms with E-state index < -0.39 is 5.54 Å². The van der Waals surface area contributed by atoms with Crippen molar-refractivity contribution in [2.45, 2.75) is 70.5 Å². The number of esters is 1. The molecule has 3 atom stereocenters. The van der Waals surface area contributed by atoms with Crippen molar-refractivity contribution in [3.8, 4) is 0 Å². The van der Waals surface area contributed by atoms with Crippen molar-refractivity contribution < 1.29 is 9.53 Å². The van der Waals surface area contributed by atoms with Crippen molar-refractivity contribution in [2.75, 3.05) is 20.7 Å². The van der Waals surface area contributed by atoms with Crippen molar-refractivity contribution in [1.82, 2.24) is 10.2 Å². The first-order valence-corrected chi connectivity index (χ1v) is 7.58. The lowest BCUT2D eigenvalue weighted by molar-refractivity contribution is -0.151. The van der Waals surface area contributed by atoms with Gasteiger partial charge in [-0.05, 0) is 53.6 Å². The van der Waals surface area contributed by atoms with E-state index in [9.17, 15) is 4.79 Å². The quantitative estimate of drug-likeness (QED) is 0.720. The molecule has 3 unspecified atom stereocenters. The third kappa shape index (κ3) is 3.69. The second-order valence-corrected chi connectivity index (χ2v) is 5.75. The molecule has 4 nitrogen and oxygen atoms in total. The van der Waals surface area contributed by atoms with E-state index in [0.29, 0.717) is 18.7 Å². The van der Waals surface area contributed by atoms with Crippen LogP contribution in [0.5, 0.6) is 0 Å². The molecule has 1 aliphatic carbocycles. The molecule has 0 amide bonds. The molecule has 1 rings (SSSR count). The van der Waals surface area contributed by atoms with Crippen LogP contribution in [0.15, 0.2) is 0 Å². The molecule has 0 saturated heterocycles. The normalized spacial score (nSPS) is 28.6. The number of ether oxygens (including phenoxy) is 1. The first kappa shape index (κ1) is 16.4. The van der Waals surface area contributed by atoms with Gasteiger partial charge in [0.15, 0.2) is 0 Å². The highest BCUT2D eigenvalue weighted by atomic mass is 16.5. The summed E-state index contributed by atoms with van der Waals surface area (Å²) in [6.45, 7) is 6.81.